The molecule has 2 aromatic heterocycles. The molecule has 1 atom stereocenters. The second-order valence-corrected chi connectivity index (χ2v) is 14.6. The summed E-state index contributed by atoms with van der Waals surface area (Å²) in [5.74, 6) is 6.80. The number of nitrogens with zero attached hydrogens (tertiary/aromatic N) is 1. The molecule has 0 saturated carbocycles. The van der Waals surface area contributed by atoms with Crippen molar-refractivity contribution in [2.24, 2.45) is 0 Å². The predicted octanol–water partition coefficient (Wildman–Crippen LogP) is 13.0. The van der Waals surface area contributed by atoms with E-state index in [0.717, 1.165) is 86.6 Å². The molecule has 56 heavy (non-hydrogen) atoms. The van der Waals surface area contributed by atoms with Crippen LogP contribution in [0.5, 0.6) is 0 Å². The minimum atomic E-state index is 0.0470. The van der Waals surface area contributed by atoms with Gasteiger partial charge in [-0.2, -0.15) is 11.8 Å². The maximum Gasteiger partial charge on any atom is 0.263 e. The molecule has 4 heteroatoms. The van der Waals surface area contributed by atoms with Crippen LogP contribution in [0.1, 0.15) is 54.4 Å². The lowest BCUT2D eigenvalue weighted by molar-refractivity contribution is 0.399. The van der Waals surface area contributed by atoms with Crippen LogP contribution in [-0.4, -0.2) is 29.1 Å². The average Bonchev–Trinajstić information content (AvgIpc) is 3.59. The van der Waals surface area contributed by atoms with Gasteiger partial charge in [-0.1, -0.05) is 103 Å². The van der Waals surface area contributed by atoms with E-state index in [1.807, 2.05) is 48.1 Å². The Morgan fingerprint density at radius 1 is 0.696 bits per heavy atom. The number of hydrogen-bond donors (Lipinski definition) is 1. The molecule has 0 saturated heterocycles. The lowest BCUT2D eigenvalue weighted by atomic mass is 9.82. The molecule has 3 nitrogen and oxygen atoms in total. The van der Waals surface area contributed by atoms with Gasteiger partial charge in [-0.25, -0.2) is 0 Å². The van der Waals surface area contributed by atoms with E-state index in [1.54, 1.807) is 11.8 Å². The van der Waals surface area contributed by atoms with E-state index in [9.17, 15) is 4.79 Å². The summed E-state index contributed by atoms with van der Waals surface area (Å²) in [6, 6.07) is 45.4. The number of allylic oxidation sites excluding steroid dienone is 2. The number of aliphatic hydroxyl groups is 1. The normalized spacial score (nSPS) is 13.4. The summed E-state index contributed by atoms with van der Waals surface area (Å²) in [6.45, 7) is 10.1. The smallest absolute Gasteiger partial charge is 0.263 e. The van der Waals surface area contributed by atoms with Gasteiger partial charge in [0.15, 0.2) is 0 Å². The minimum Gasteiger partial charge on any atom is -0.400 e. The molecule has 9 rings (SSSR count). The van der Waals surface area contributed by atoms with Gasteiger partial charge in [0, 0.05) is 34.2 Å². The first kappa shape index (κ1) is 39.8. The number of benzene rings is 6. The van der Waals surface area contributed by atoms with Crippen molar-refractivity contribution in [2.75, 3.05) is 19.6 Å². The van der Waals surface area contributed by atoms with Crippen LogP contribution in [0.4, 0.5) is 0 Å². The molecule has 0 radical (unpaired) electrons. The topological polar surface area (TPSA) is 41.7 Å². The van der Waals surface area contributed by atoms with E-state index >= 15 is 0 Å². The number of rotatable bonds is 4. The third-order valence-corrected chi connectivity index (χ3v) is 10.6. The van der Waals surface area contributed by atoms with Crippen molar-refractivity contribution in [3.8, 4) is 34.1 Å². The van der Waals surface area contributed by atoms with Crippen molar-refractivity contribution in [1.82, 2.24) is 4.40 Å². The van der Waals surface area contributed by atoms with Crippen LogP contribution in [0.3, 0.4) is 0 Å². The summed E-state index contributed by atoms with van der Waals surface area (Å²) in [7, 11) is 1.00. The second kappa shape index (κ2) is 18.2. The van der Waals surface area contributed by atoms with Crippen molar-refractivity contribution in [3.05, 3.63) is 179 Å². The predicted molar refractivity (Wildman–Crippen MR) is 245 cm³/mol. The van der Waals surface area contributed by atoms with Gasteiger partial charge in [-0.05, 0) is 138 Å². The highest BCUT2D eigenvalue weighted by atomic mass is 32.2. The fourth-order valence-electron chi connectivity index (χ4n) is 8.19. The molecule has 6 aromatic carbocycles. The molecule has 2 heterocycles. The zero-order valence-corrected chi connectivity index (χ0v) is 33.8. The molecular formula is C52H49NO2S. The highest BCUT2D eigenvalue weighted by Gasteiger charge is 2.22. The van der Waals surface area contributed by atoms with Gasteiger partial charge < -0.3 is 5.11 Å². The van der Waals surface area contributed by atoms with E-state index in [2.05, 4.69) is 141 Å². The molecule has 1 unspecified atom stereocenters. The van der Waals surface area contributed by atoms with E-state index in [1.165, 1.54) is 27.8 Å². The molecule has 0 aliphatic heterocycles. The highest BCUT2D eigenvalue weighted by molar-refractivity contribution is 7.97. The van der Waals surface area contributed by atoms with Gasteiger partial charge in [-0.15, -0.1) is 19.1 Å². The molecule has 0 spiro atoms. The van der Waals surface area contributed by atoms with Gasteiger partial charge in [0.2, 0.25) is 0 Å². The Morgan fingerprint density at radius 3 is 2.04 bits per heavy atom. The van der Waals surface area contributed by atoms with Gasteiger partial charge in [0.05, 0.1) is 11.0 Å². The van der Waals surface area contributed by atoms with Crippen LogP contribution in [0.2, 0.25) is 0 Å². The highest BCUT2D eigenvalue weighted by Crippen LogP contribution is 2.42. The van der Waals surface area contributed by atoms with Crippen LogP contribution in [0.25, 0.3) is 65.8 Å². The Morgan fingerprint density at radius 2 is 1.36 bits per heavy atom. The van der Waals surface area contributed by atoms with Crippen LogP contribution in [0, 0.1) is 18.8 Å². The first-order valence-electron chi connectivity index (χ1n) is 19.0. The van der Waals surface area contributed by atoms with E-state index < -0.39 is 0 Å². The minimum absolute atomic E-state index is 0.0470. The Balaban J connectivity index is 0.000000716. The zero-order valence-electron chi connectivity index (χ0n) is 33.0. The van der Waals surface area contributed by atoms with Crippen LogP contribution >= 0.6 is 11.8 Å². The molecule has 1 aliphatic carbocycles. The van der Waals surface area contributed by atoms with Gasteiger partial charge in [-0.3, -0.25) is 9.20 Å². The van der Waals surface area contributed by atoms with Crippen molar-refractivity contribution in [3.63, 3.8) is 0 Å². The van der Waals surface area contributed by atoms with E-state index in [0.29, 0.717) is 5.92 Å². The largest absolute Gasteiger partial charge is 0.400 e. The van der Waals surface area contributed by atoms with E-state index in [4.69, 9.17) is 5.11 Å². The third kappa shape index (κ3) is 7.54. The molecule has 0 fully saturated rings. The number of aliphatic hydroxyl groups excluding tert-OH is 1. The maximum atomic E-state index is 14.1. The molecule has 0 bridgehead atoms. The fourth-order valence-corrected chi connectivity index (χ4v) is 8.19. The number of hydrogen-bond acceptors (Lipinski definition) is 3. The quantitative estimate of drug-likeness (QED) is 0.111. The summed E-state index contributed by atoms with van der Waals surface area (Å²) >= 11 is 1.75. The summed E-state index contributed by atoms with van der Waals surface area (Å²) in [6.07, 6.45) is 9.72. The molecule has 280 valence electrons. The van der Waals surface area contributed by atoms with Gasteiger partial charge >= 0.3 is 0 Å². The van der Waals surface area contributed by atoms with Crippen molar-refractivity contribution < 1.29 is 5.11 Å². The number of fused-ring (bicyclic) bond motifs is 5. The Bertz CT molecular complexity index is 2780. The molecular weight excluding hydrogens is 703 g/mol. The maximum absolute atomic E-state index is 14.1. The van der Waals surface area contributed by atoms with Crippen LogP contribution < -0.4 is 5.56 Å². The zero-order chi connectivity index (χ0) is 39.8. The summed E-state index contributed by atoms with van der Waals surface area (Å²) in [4.78, 5) is 14.1. The van der Waals surface area contributed by atoms with Crippen molar-refractivity contribution in [1.29, 1.82) is 0 Å². The first-order chi connectivity index (χ1) is 27.5. The first-order valence-corrected chi connectivity index (χ1v) is 20.6. The number of aromatic nitrogens is 1. The third-order valence-electron chi connectivity index (χ3n) is 10.6. The van der Waals surface area contributed by atoms with Crippen molar-refractivity contribution >= 4 is 55.3 Å². The lowest BCUT2D eigenvalue weighted by Gasteiger charge is -2.22. The van der Waals surface area contributed by atoms with Crippen molar-refractivity contribution in [2.45, 2.75) is 39.0 Å². The lowest BCUT2D eigenvalue weighted by Crippen LogP contribution is -2.12. The van der Waals surface area contributed by atoms with Gasteiger partial charge in [0.1, 0.15) is 0 Å². The summed E-state index contributed by atoms with van der Waals surface area (Å²) in [5.41, 5.74) is 13.1. The molecule has 1 N–H and O–H groups in total. The Labute approximate surface area is 335 Å². The van der Waals surface area contributed by atoms with Crippen LogP contribution in [-0.2, 0) is 0 Å². The average molecular weight is 752 g/mol. The SMILES string of the molecule is C=C.CC#Cc1ccccc1-c1ccc(-c2cc3c4ccccc4c(=O)n4c5ccc(C6CC=C(c7ccccc7)CC6)cc5c(c2)c34)cc1C.CO.CSC. The summed E-state index contributed by atoms with van der Waals surface area (Å²) in [5, 5.41) is 12.1. The monoisotopic (exact) mass is 751 g/mol. The molecule has 0 amide bonds. The Hall–Kier alpha value is -5.86. The number of aryl methyl sites for hydroxylation is 1. The van der Waals surface area contributed by atoms with Gasteiger partial charge in [0.25, 0.3) is 5.56 Å². The van der Waals surface area contributed by atoms with E-state index in [-0.39, 0.29) is 5.56 Å². The second-order valence-electron chi connectivity index (χ2n) is 13.8. The number of pyridine rings is 1. The molecule has 1 aliphatic rings. The fraction of sp³-hybridized carbons (Fsp3) is 0.173. The molecule has 8 aromatic rings. The standard InChI is InChI=1S/C47H35NO.C2H6S.C2H4.CH4O/c1-3-11-34-14-7-8-15-39(34)38-24-22-35(26-30(38)2)37-28-43-40-16-9-10-17-41(40)47(49)48-45-25-23-36(27-42(45)44(29-37)46(43)48)33-20-18-32(19-21-33)31-12-5-4-6-13-31;1-3-2;2*1-2/h4-10,12-18,22-29,33H,19-21H2,1-2H3;1-2H3;1-2H2;2H,1H3. The summed E-state index contributed by atoms with van der Waals surface area (Å²) < 4.78 is 1.96. The number of thioether (sulfide) groups is 1. The van der Waals surface area contributed by atoms with Crippen LogP contribution in [0.15, 0.2) is 151 Å². The Kier molecular flexibility index (Phi) is 12.9.